The van der Waals surface area contributed by atoms with Crippen molar-refractivity contribution in [2.75, 3.05) is 43.4 Å². The first-order chi connectivity index (χ1) is 12.2. The first-order valence-corrected chi connectivity index (χ1v) is 9.00. The van der Waals surface area contributed by atoms with Gasteiger partial charge in [-0.1, -0.05) is 0 Å². The van der Waals surface area contributed by atoms with Crippen molar-refractivity contribution in [1.82, 2.24) is 19.9 Å². The Balaban J connectivity index is 1.43. The molecule has 0 radical (unpaired) electrons. The number of nitrogens with zero attached hydrogens (tertiary/aromatic N) is 5. The molecule has 2 N–H and O–H groups in total. The van der Waals surface area contributed by atoms with E-state index < -0.39 is 0 Å². The maximum atomic E-state index is 12.3. The number of Topliss-reactive ketones (excluding diaryl/α,β-unsaturated/α-hetero) is 1. The zero-order valence-electron chi connectivity index (χ0n) is 13.6. The number of thiophene rings is 1. The first-order valence-electron chi connectivity index (χ1n) is 8.12. The van der Waals surface area contributed by atoms with Crippen molar-refractivity contribution < 1.29 is 4.79 Å². The predicted molar refractivity (Wildman–Crippen MR) is 99.0 cm³/mol. The highest BCUT2D eigenvalue weighted by atomic mass is 32.1. The average Bonchev–Trinajstić information content (AvgIpc) is 3.11. The molecule has 0 amide bonds. The number of rotatable bonds is 4. The van der Waals surface area contributed by atoms with Gasteiger partial charge in [-0.15, -0.1) is 11.3 Å². The minimum absolute atomic E-state index is 0.127. The van der Waals surface area contributed by atoms with Crippen LogP contribution in [-0.2, 0) is 0 Å². The third kappa shape index (κ3) is 3.31. The summed E-state index contributed by atoms with van der Waals surface area (Å²) in [7, 11) is 0. The van der Waals surface area contributed by atoms with Gasteiger partial charge < -0.3 is 10.6 Å². The van der Waals surface area contributed by atoms with Crippen LogP contribution in [-0.4, -0.2) is 58.4 Å². The summed E-state index contributed by atoms with van der Waals surface area (Å²) in [5.41, 5.74) is 6.55. The number of ketones is 1. The molecule has 0 aromatic carbocycles. The van der Waals surface area contributed by atoms with Crippen molar-refractivity contribution in [3.05, 3.63) is 41.5 Å². The Hall–Kier alpha value is -2.58. The van der Waals surface area contributed by atoms with Crippen LogP contribution in [0.15, 0.2) is 36.0 Å². The van der Waals surface area contributed by atoms with Crippen LogP contribution < -0.4 is 10.6 Å². The van der Waals surface area contributed by atoms with Crippen LogP contribution >= 0.6 is 11.3 Å². The van der Waals surface area contributed by atoms with Gasteiger partial charge in [-0.05, 0) is 23.6 Å². The number of anilines is 2. The number of hydrogen-bond acceptors (Lipinski definition) is 8. The monoisotopic (exact) mass is 354 g/mol. The SMILES string of the molecule is Nc1nc(N2CCN(CC(=O)c3ccncc3)CC2)c2ccsc2n1. The van der Waals surface area contributed by atoms with Crippen molar-refractivity contribution in [2.24, 2.45) is 0 Å². The lowest BCUT2D eigenvalue weighted by atomic mass is 10.1. The van der Waals surface area contributed by atoms with E-state index in [2.05, 4.69) is 24.8 Å². The second kappa shape index (κ2) is 6.73. The second-order valence-electron chi connectivity index (χ2n) is 5.97. The van der Waals surface area contributed by atoms with E-state index in [1.165, 1.54) is 0 Å². The second-order valence-corrected chi connectivity index (χ2v) is 6.86. The van der Waals surface area contributed by atoms with Gasteiger partial charge >= 0.3 is 0 Å². The van der Waals surface area contributed by atoms with E-state index in [0.717, 1.165) is 42.2 Å². The summed E-state index contributed by atoms with van der Waals surface area (Å²) < 4.78 is 0. The predicted octanol–water partition coefficient (Wildman–Crippen LogP) is 1.67. The minimum Gasteiger partial charge on any atom is -0.368 e. The molecule has 4 rings (SSSR count). The Bertz CT molecular complexity index is 889. The zero-order valence-corrected chi connectivity index (χ0v) is 14.4. The molecule has 4 heterocycles. The standard InChI is InChI=1S/C17H18N6OS/c18-17-20-15(13-3-10-25-16(13)21-17)23-8-6-22(7-9-23)11-14(24)12-1-4-19-5-2-12/h1-5,10H,6-9,11H2,(H2,18,20,21). The molecular weight excluding hydrogens is 336 g/mol. The van der Waals surface area contributed by atoms with Crippen molar-refractivity contribution in [1.29, 1.82) is 0 Å². The van der Waals surface area contributed by atoms with Crippen LogP contribution in [0.1, 0.15) is 10.4 Å². The van der Waals surface area contributed by atoms with E-state index in [1.54, 1.807) is 35.9 Å². The van der Waals surface area contributed by atoms with E-state index in [1.807, 2.05) is 11.4 Å². The zero-order chi connectivity index (χ0) is 17.2. The molecule has 1 fully saturated rings. The number of nitrogens with two attached hydrogens (primary N) is 1. The van der Waals surface area contributed by atoms with Gasteiger partial charge in [-0.2, -0.15) is 4.98 Å². The number of pyridine rings is 1. The highest BCUT2D eigenvalue weighted by Crippen LogP contribution is 2.29. The summed E-state index contributed by atoms with van der Waals surface area (Å²) in [6.45, 7) is 3.67. The minimum atomic E-state index is 0.127. The maximum Gasteiger partial charge on any atom is 0.223 e. The van der Waals surface area contributed by atoms with Crippen LogP contribution in [0.25, 0.3) is 10.2 Å². The molecule has 0 aliphatic carbocycles. The van der Waals surface area contributed by atoms with Crippen molar-refractivity contribution in [3.8, 4) is 0 Å². The molecule has 0 bridgehead atoms. The van der Waals surface area contributed by atoms with Crippen molar-refractivity contribution in [3.63, 3.8) is 0 Å². The number of hydrogen-bond donors (Lipinski definition) is 1. The molecule has 8 heteroatoms. The average molecular weight is 354 g/mol. The molecular formula is C17H18N6OS. The quantitative estimate of drug-likeness (QED) is 0.713. The number of carbonyl (C=O) groups excluding carboxylic acids is 1. The lowest BCUT2D eigenvalue weighted by molar-refractivity contribution is 0.0926. The summed E-state index contributed by atoms with van der Waals surface area (Å²) in [6.07, 6.45) is 3.30. The van der Waals surface area contributed by atoms with Crippen molar-refractivity contribution >= 4 is 39.1 Å². The number of carbonyl (C=O) groups is 1. The fraction of sp³-hybridized carbons (Fsp3) is 0.294. The summed E-state index contributed by atoms with van der Waals surface area (Å²) >= 11 is 1.57. The third-order valence-corrected chi connectivity index (χ3v) is 5.17. The van der Waals surface area contributed by atoms with Gasteiger partial charge in [0.1, 0.15) is 10.6 Å². The molecule has 0 atom stereocenters. The van der Waals surface area contributed by atoms with Crippen LogP contribution in [0.2, 0.25) is 0 Å². The summed E-state index contributed by atoms with van der Waals surface area (Å²) in [5, 5.41) is 3.05. The van der Waals surface area contributed by atoms with Gasteiger partial charge in [0.25, 0.3) is 0 Å². The summed E-state index contributed by atoms with van der Waals surface area (Å²) in [6, 6.07) is 5.55. The van der Waals surface area contributed by atoms with E-state index in [0.29, 0.717) is 18.1 Å². The first kappa shape index (κ1) is 15.9. The molecule has 0 unspecified atom stereocenters. The number of fused-ring (bicyclic) bond motifs is 1. The fourth-order valence-corrected chi connectivity index (χ4v) is 3.81. The summed E-state index contributed by atoms with van der Waals surface area (Å²) in [5.74, 6) is 1.33. The molecule has 7 nitrogen and oxygen atoms in total. The van der Waals surface area contributed by atoms with Gasteiger partial charge in [0.05, 0.1) is 11.9 Å². The Morgan fingerprint density at radius 2 is 1.88 bits per heavy atom. The molecule has 0 saturated carbocycles. The fourth-order valence-electron chi connectivity index (χ4n) is 3.05. The van der Waals surface area contributed by atoms with Gasteiger partial charge in [0, 0.05) is 44.1 Å². The number of piperazine rings is 1. The van der Waals surface area contributed by atoms with Gasteiger partial charge in [-0.3, -0.25) is 14.7 Å². The summed E-state index contributed by atoms with van der Waals surface area (Å²) in [4.78, 5) is 30.3. The molecule has 128 valence electrons. The van der Waals surface area contributed by atoms with Gasteiger partial charge in [0.2, 0.25) is 5.95 Å². The molecule has 1 saturated heterocycles. The van der Waals surface area contributed by atoms with Gasteiger partial charge in [-0.25, -0.2) is 4.98 Å². The lowest BCUT2D eigenvalue weighted by Crippen LogP contribution is -2.48. The topological polar surface area (TPSA) is 88.2 Å². The molecule has 3 aromatic rings. The smallest absolute Gasteiger partial charge is 0.223 e. The van der Waals surface area contributed by atoms with Crippen LogP contribution in [0.5, 0.6) is 0 Å². The molecule has 0 spiro atoms. The molecule has 1 aliphatic heterocycles. The molecule has 25 heavy (non-hydrogen) atoms. The lowest BCUT2D eigenvalue weighted by Gasteiger charge is -2.35. The highest BCUT2D eigenvalue weighted by molar-refractivity contribution is 7.16. The van der Waals surface area contributed by atoms with Crippen LogP contribution in [0, 0.1) is 0 Å². The Morgan fingerprint density at radius 3 is 2.64 bits per heavy atom. The van der Waals surface area contributed by atoms with Crippen molar-refractivity contribution in [2.45, 2.75) is 0 Å². The number of nitrogen functional groups attached to an aromatic ring is 1. The van der Waals surface area contributed by atoms with Crippen LogP contribution in [0.4, 0.5) is 11.8 Å². The van der Waals surface area contributed by atoms with Crippen LogP contribution in [0.3, 0.4) is 0 Å². The number of aromatic nitrogens is 3. The Labute approximate surface area is 149 Å². The molecule has 3 aromatic heterocycles. The maximum absolute atomic E-state index is 12.3. The Morgan fingerprint density at radius 1 is 1.12 bits per heavy atom. The third-order valence-electron chi connectivity index (χ3n) is 4.36. The van der Waals surface area contributed by atoms with E-state index >= 15 is 0 Å². The van der Waals surface area contributed by atoms with E-state index in [9.17, 15) is 4.79 Å². The Kier molecular flexibility index (Phi) is 4.29. The largest absolute Gasteiger partial charge is 0.368 e. The van der Waals surface area contributed by atoms with E-state index in [4.69, 9.17) is 5.73 Å². The normalized spacial score (nSPS) is 15.6. The van der Waals surface area contributed by atoms with Gasteiger partial charge in [0.15, 0.2) is 5.78 Å². The van der Waals surface area contributed by atoms with E-state index in [-0.39, 0.29) is 5.78 Å². The molecule has 1 aliphatic rings. The highest BCUT2D eigenvalue weighted by Gasteiger charge is 2.22.